The van der Waals surface area contributed by atoms with E-state index < -0.39 is 0 Å². The van der Waals surface area contributed by atoms with Crippen LogP contribution in [0.5, 0.6) is 0 Å². The molecule has 0 amide bonds. The molecule has 0 aliphatic carbocycles. The van der Waals surface area contributed by atoms with E-state index in [1.54, 1.807) is 0 Å². The van der Waals surface area contributed by atoms with Crippen LogP contribution in [0, 0.1) is 5.92 Å². The molecule has 0 spiro atoms. The van der Waals surface area contributed by atoms with Crippen LogP contribution in [0.4, 0.5) is 5.69 Å². The van der Waals surface area contributed by atoms with Crippen LogP contribution in [-0.4, -0.2) is 13.1 Å². The number of ether oxygens (including phenoxy) is 1. The Morgan fingerprint density at radius 1 is 1.47 bits per heavy atom. The summed E-state index contributed by atoms with van der Waals surface area (Å²) in [6.07, 6.45) is 1.24. The number of nitrogen functional groups attached to an aromatic ring is 1. The first-order chi connectivity index (χ1) is 7.13. The molecule has 0 aliphatic rings. The molecule has 0 saturated heterocycles. The van der Waals surface area contributed by atoms with Gasteiger partial charge in [-0.15, -0.1) is 0 Å². The van der Waals surface area contributed by atoms with Crippen molar-refractivity contribution in [1.82, 2.24) is 0 Å². The molecule has 15 heavy (non-hydrogen) atoms. The second-order valence-corrected chi connectivity index (χ2v) is 3.79. The summed E-state index contributed by atoms with van der Waals surface area (Å²) in [7, 11) is 1.41. The Labute approximate surface area is 90.2 Å². The standard InChI is InChI=1S/C12H17NO2/c1-9(8-12(14)15-2)7-10-5-3-4-6-11(10)13/h3-6,9H,7-8,13H2,1-2H3/t9-/m1/s1. The van der Waals surface area contributed by atoms with E-state index in [9.17, 15) is 4.79 Å². The number of rotatable bonds is 4. The monoisotopic (exact) mass is 207 g/mol. The average molecular weight is 207 g/mol. The molecule has 3 nitrogen and oxygen atoms in total. The van der Waals surface area contributed by atoms with Crippen LogP contribution in [0.25, 0.3) is 0 Å². The van der Waals surface area contributed by atoms with E-state index in [2.05, 4.69) is 4.74 Å². The number of para-hydroxylation sites is 1. The fraction of sp³-hybridized carbons (Fsp3) is 0.417. The van der Waals surface area contributed by atoms with Gasteiger partial charge in [-0.3, -0.25) is 4.79 Å². The quantitative estimate of drug-likeness (QED) is 0.607. The van der Waals surface area contributed by atoms with Crippen LogP contribution in [-0.2, 0) is 16.0 Å². The predicted octanol–water partition coefficient (Wildman–Crippen LogP) is 2.01. The van der Waals surface area contributed by atoms with Crippen LogP contribution in [0.3, 0.4) is 0 Å². The van der Waals surface area contributed by atoms with E-state index in [4.69, 9.17) is 5.73 Å². The third-order valence-corrected chi connectivity index (χ3v) is 2.37. The van der Waals surface area contributed by atoms with Crippen LogP contribution >= 0.6 is 0 Å². The third kappa shape index (κ3) is 3.62. The summed E-state index contributed by atoms with van der Waals surface area (Å²) in [5, 5.41) is 0. The van der Waals surface area contributed by atoms with Crippen molar-refractivity contribution in [3.8, 4) is 0 Å². The fourth-order valence-corrected chi connectivity index (χ4v) is 1.54. The Kier molecular flexibility index (Phi) is 4.16. The highest BCUT2D eigenvalue weighted by Gasteiger charge is 2.10. The Hall–Kier alpha value is -1.51. The van der Waals surface area contributed by atoms with E-state index >= 15 is 0 Å². The first-order valence-corrected chi connectivity index (χ1v) is 5.03. The van der Waals surface area contributed by atoms with Gasteiger partial charge in [0.1, 0.15) is 0 Å². The van der Waals surface area contributed by atoms with Crippen molar-refractivity contribution in [3.05, 3.63) is 29.8 Å². The summed E-state index contributed by atoms with van der Waals surface area (Å²) in [6.45, 7) is 2.02. The van der Waals surface area contributed by atoms with Crippen molar-refractivity contribution >= 4 is 11.7 Å². The Balaban J connectivity index is 2.55. The minimum absolute atomic E-state index is 0.169. The number of benzene rings is 1. The highest BCUT2D eigenvalue weighted by atomic mass is 16.5. The first-order valence-electron chi connectivity index (χ1n) is 5.03. The summed E-state index contributed by atoms with van der Waals surface area (Å²) >= 11 is 0. The van der Waals surface area contributed by atoms with Gasteiger partial charge in [0.25, 0.3) is 0 Å². The predicted molar refractivity (Wildman–Crippen MR) is 60.4 cm³/mol. The van der Waals surface area contributed by atoms with Crippen molar-refractivity contribution in [2.45, 2.75) is 19.8 Å². The highest BCUT2D eigenvalue weighted by Crippen LogP contribution is 2.17. The van der Waals surface area contributed by atoms with Gasteiger partial charge >= 0.3 is 5.97 Å². The van der Waals surface area contributed by atoms with Crippen LogP contribution in [0.1, 0.15) is 18.9 Å². The van der Waals surface area contributed by atoms with Crippen LogP contribution in [0.2, 0.25) is 0 Å². The Morgan fingerprint density at radius 2 is 2.13 bits per heavy atom. The van der Waals surface area contributed by atoms with Crippen LogP contribution < -0.4 is 5.73 Å². The number of hydrogen-bond acceptors (Lipinski definition) is 3. The van der Waals surface area contributed by atoms with Gasteiger partial charge in [-0.25, -0.2) is 0 Å². The van der Waals surface area contributed by atoms with Gasteiger partial charge < -0.3 is 10.5 Å². The Morgan fingerprint density at radius 3 is 2.73 bits per heavy atom. The molecule has 0 radical (unpaired) electrons. The van der Waals surface area contributed by atoms with E-state index in [0.29, 0.717) is 6.42 Å². The summed E-state index contributed by atoms with van der Waals surface area (Å²) in [6, 6.07) is 7.73. The summed E-state index contributed by atoms with van der Waals surface area (Å²) in [5.41, 5.74) is 7.69. The van der Waals surface area contributed by atoms with Gasteiger partial charge in [0.2, 0.25) is 0 Å². The van der Waals surface area contributed by atoms with Gasteiger partial charge in [0, 0.05) is 12.1 Å². The summed E-state index contributed by atoms with van der Waals surface area (Å²) in [4.78, 5) is 11.0. The largest absolute Gasteiger partial charge is 0.469 e. The summed E-state index contributed by atoms with van der Waals surface area (Å²) < 4.78 is 4.62. The minimum atomic E-state index is -0.169. The van der Waals surface area contributed by atoms with Crippen molar-refractivity contribution in [1.29, 1.82) is 0 Å². The number of anilines is 1. The zero-order valence-corrected chi connectivity index (χ0v) is 9.19. The molecule has 0 saturated carbocycles. The molecule has 1 rings (SSSR count). The smallest absolute Gasteiger partial charge is 0.305 e. The minimum Gasteiger partial charge on any atom is -0.469 e. The van der Waals surface area contributed by atoms with Gasteiger partial charge in [-0.1, -0.05) is 25.1 Å². The molecule has 0 heterocycles. The lowest BCUT2D eigenvalue weighted by molar-refractivity contribution is -0.141. The zero-order valence-electron chi connectivity index (χ0n) is 9.19. The number of methoxy groups -OCH3 is 1. The second kappa shape index (κ2) is 5.39. The van der Waals surface area contributed by atoms with Gasteiger partial charge in [0.05, 0.1) is 7.11 Å². The lowest BCUT2D eigenvalue weighted by Crippen LogP contribution is -2.10. The molecule has 0 fully saturated rings. The number of esters is 1. The van der Waals surface area contributed by atoms with E-state index in [1.807, 2.05) is 31.2 Å². The number of nitrogens with two attached hydrogens (primary N) is 1. The van der Waals surface area contributed by atoms with E-state index in [1.165, 1.54) is 7.11 Å². The van der Waals surface area contributed by atoms with Crippen molar-refractivity contribution in [2.75, 3.05) is 12.8 Å². The molecule has 1 aromatic rings. The SMILES string of the molecule is COC(=O)C[C@H](C)Cc1ccccc1N. The molecule has 1 atom stereocenters. The zero-order chi connectivity index (χ0) is 11.3. The average Bonchev–Trinajstić information content (AvgIpc) is 2.21. The lowest BCUT2D eigenvalue weighted by Gasteiger charge is -2.11. The lowest BCUT2D eigenvalue weighted by atomic mass is 9.97. The molecule has 82 valence electrons. The maximum atomic E-state index is 11.0. The molecule has 0 aromatic heterocycles. The topological polar surface area (TPSA) is 52.3 Å². The molecule has 2 N–H and O–H groups in total. The molecule has 0 aliphatic heterocycles. The maximum absolute atomic E-state index is 11.0. The molecular formula is C12H17NO2. The maximum Gasteiger partial charge on any atom is 0.305 e. The van der Waals surface area contributed by atoms with Gasteiger partial charge in [-0.05, 0) is 24.0 Å². The van der Waals surface area contributed by atoms with Crippen molar-refractivity contribution in [3.63, 3.8) is 0 Å². The molecule has 0 bridgehead atoms. The molecule has 1 aromatic carbocycles. The van der Waals surface area contributed by atoms with Crippen LogP contribution in [0.15, 0.2) is 24.3 Å². The Bertz CT molecular complexity index is 336. The fourth-order valence-electron chi connectivity index (χ4n) is 1.54. The van der Waals surface area contributed by atoms with Gasteiger partial charge in [-0.2, -0.15) is 0 Å². The van der Waals surface area contributed by atoms with E-state index in [0.717, 1.165) is 17.7 Å². The summed E-state index contributed by atoms with van der Waals surface area (Å²) in [5.74, 6) is 0.0825. The van der Waals surface area contributed by atoms with Gasteiger partial charge in [0.15, 0.2) is 0 Å². The number of carbonyl (C=O) groups is 1. The highest BCUT2D eigenvalue weighted by molar-refractivity contribution is 5.69. The number of carbonyl (C=O) groups excluding carboxylic acids is 1. The van der Waals surface area contributed by atoms with E-state index in [-0.39, 0.29) is 11.9 Å². The second-order valence-electron chi connectivity index (χ2n) is 3.79. The molecular weight excluding hydrogens is 190 g/mol. The molecule has 0 unspecified atom stereocenters. The third-order valence-electron chi connectivity index (χ3n) is 2.37. The molecule has 3 heteroatoms. The first kappa shape index (κ1) is 11.6. The normalized spacial score (nSPS) is 12.1. The van der Waals surface area contributed by atoms with Crippen molar-refractivity contribution in [2.24, 2.45) is 5.92 Å². The van der Waals surface area contributed by atoms with Crippen molar-refractivity contribution < 1.29 is 9.53 Å². The number of hydrogen-bond donors (Lipinski definition) is 1.